The van der Waals surface area contributed by atoms with E-state index in [4.69, 9.17) is 6.57 Å². The third-order valence-corrected chi connectivity index (χ3v) is 7.71. The predicted octanol–water partition coefficient (Wildman–Crippen LogP) is 5.15. The highest BCUT2D eigenvalue weighted by molar-refractivity contribution is 5.77. The number of nitriles is 1. The van der Waals surface area contributed by atoms with Gasteiger partial charge in [0.1, 0.15) is 0 Å². The van der Waals surface area contributed by atoms with Gasteiger partial charge in [0.25, 0.3) is 0 Å². The molecule has 2 aliphatic rings. The van der Waals surface area contributed by atoms with Crippen LogP contribution < -0.4 is 5.32 Å². The Balaban J connectivity index is 1.61. The van der Waals surface area contributed by atoms with Gasteiger partial charge in [-0.15, -0.1) is 0 Å². The van der Waals surface area contributed by atoms with Gasteiger partial charge >= 0.3 is 0 Å². The van der Waals surface area contributed by atoms with Crippen LogP contribution in [0.5, 0.6) is 0 Å². The maximum atomic E-state index is 13.5. The number of amides is 1. The summed E-state index contributed by atoms with van der Waals surface area (Å²) in [7, 11) is 0. The molecule has 0 aliphatic carbocycles. The monoisotopic (exact) mass is 483 g/mol. The molecule has 188 valence electrons. The van der Waals surface area contributed by atoms with Crippen molar-refractivity contribution in [2.45, 2.75) is 52.1 Å². The van der Waals surface area contributed by atoms with Crippen LogP contribution in [0.1, 0.15) is 62.8 Å². The maximum absolute atomic E-state index is 13.5. The Bertz CT molecular complexity index is 1060. The van der Waals surface area contributed by atoms with Gasteiger partial charge < -0.3 is 10.2 Å². The highest BCUT2D eigenvalue weighted by atomic mass is 16.2. The molecule has 6 nitrogen and oxygen atoms in total. The summed E-state index contributed by atoms with van der Waals surface area (Å²) in [6.45, 7) is 18.3. The second-order valence-corrected chi connectivity index (χ2v) is 11.2. The van der Waals surface area contributed by atoms with Crippen LogP contribution in [0.25, 0.3) is 4.85 Å². The molecule has 0 bridgehead atoms. The minimum Gasteiger partial charge on any atom is -0.337 e. The third-order valence-electron chi connectivity index (χ3n) is 7.71. The summed E-state index contributed by atoms with van der Waals surface area (Å²) >= 11 is 0. The summed E-state index contributed by atoms with van der Waals surface area (Å²) in [6.07, 6.45) is 2.80. The van der Waals surface area contributed by atoms with Crippen LogP contribution >= 0.6 is 0 Å². The topological polar surface area (TPSA) is 63.7 Å². The molecule has 2 atom stereocenters. The predicted molar refractivity (Wildman–Crippen MR) is 142 cm³/mol. The standard InChI is InChI=1S/C30H37N5O/c1-30(2,3)27-21-34(17-18-35(27)28(36)19-22-13-15-33-16-14-22)29(24-7-5-23(20-31)6-8-24)25-9-11-26(32-4)12-10-25/h5-12,22,27,29,33H,13-19,21H2,1-3H3/t27-,29?/m1/s1. The molecule has 2 heterocycles. The molecule has 2 aromatic rings. The fourth-order valence-electron chi connectivity index (χ4n) is 5.61. The Morgan fingerprint density at radius 2 is 1.69 bits per heavy atom. The molecule has 36 heavy (non-hydrogen) atoms. The first-order valence-electron chi connectivity index (χ1n) is 13.0. The molecule has 2 aromatic carbocycles. The summed E-state index contributed by atoms with van der Waals surface area (Å²) in [5.74, 6) is 0.766. The highest BCUT2D eigenvalue weighted by Crippen LogP contribution is 2.36. The van der Waals surface area contributed by atoms with Crippen LogP contribution in [0, 0.1) is 29.2 Å². The average Bonchev–Trinajstić information content (AvgIpc) is 2.89. The molecule has 1 N–H and O–H groups in total. The van der Waals surface area contributed by atoms with Crippen LogP contribution in [0.15, 0.2) is 48.5 Å². The van der Waals surface area contributed by atoms with E-state index in [-0.39, 0.29) is 23.4 Å². The fraction of sp³-hybridized carbons (Fsp3) is 0.500. The number of carbonyl (C=O) groups excluding carboxylic acids is 1. The van der Waals surface area contributed by atoms with Gasteiger partial charge in [-0.2, -0.15) is 5.26 Å². The van der Waals surface area contributed by atoms with E-state index in [1.807, 2.05) is 48.5 Å². The largest absolute Gasteiger partial charge is 0.337 e. The lowest BCUT2D eigenvalue weighted by Crippen LogP contribution is -2.60. The van der Waals surface area contributed by atoms with Gasteiger partial charge in [0.2, 0.25) is 5.91 Å². The number of hydrogen-bond acceptors (Lipinski definition) is 4. The average molecular weight is 484 g/mol. The molecule has 0 radical (unpaired) electrons. The Hall–Kier alpha value is -3.19. The van der Waals surface area contributed by atoms with Crippen LogP contribution in [-0.2, 0) is 4.79 Å². The number of hydrogen-bond donors (Lipinski definition) is 1. The van der Waals surface area contributed by atoms with Crippen LogP contribution in [0.3, 0.4) is 0 Å². The lowest BCUT2D eigenvalue weighted by atomic mass is 9.82. The van der Waals surface area contributed by atoms with E-state index in [0.717, 1.165) is 50.1 Å². The lowest BCUT2D eigenvalue weighted by Gasteiger charge is -2.49. The van der Waals surface area contributed by atoms with Crippen molar-refractivity contribution < 1.29 is 4.79 Å². The fourth-order valence-corrected chi connectivity index (χ4v) is 5.61. The first kappa shape index (κ1) is 25.9. The van der Waals surface area contributed by atoms with Crippen molar-refractivity contribution in [2.75, 3.05) is 32.7 Å². The van der Waals surface area contributed by atoms with E-state index in [0.29, 0.717) is 30.1 Å². The van der Waals surface area contributed by atoms with Crippen LogP contribution in [0.2, 0.25) is 0 Å². The van der Waals surface area contributed by atoms with Crippen molar-refractivity contribution in [3.63, 3.8) is 0 Å². The Morgan fingerprint density at radius 1 is 1.08 bits per heavy atom. The van der Waals surface area contributed by atoms with Crippen molar-refractivity contribution in [2.24, 2.45) is 11.3 Å². The minimum absolute atomic E-state index is 0.0101. The zero-order valence-electron chi connectivity index (χ0n) is 21.7. The Morgan fingerprint density at radius 3 is 2.25 bits per heavy atom. The van der Waals surface area contributed by atoms with Gasteiger partial charge in [-0.25, -0.2) is 4.85 Å². The molecule has 4 rings (SSSR count). The first-order chi connectivity index (χ1) is 17.3. The van der Waals surface area contributed by atoms with Gasteiger partial charge in [-0.1, -0.05) is 57.2 Å². The molecule has 2 saturated heterocycles. The van der Waals surface area contributed by atoms with E-state index >= 15 is 0 Å². The third kappa shape index (κ3) is 5.95. The molecule has 6 heteroatoms. The van der Waals surface area contributed by atoms with Crippen LogP contribution in [0.4, 0.5) is 5.69 Å². The quantitative estimate of drug-likeness (QED) is 0.598. The van der Waals surface area contributed by atoms with Crippen molar-refractivity contribution in [3.05, 3.63) is 76.6 Å². The number of nitrogens with one attached hydrogen (secondary N) is 1. The van der Waals surface area contributed by atoms with Gasteiger partial charge in [0, 0.05) is 32.1 Å². The summed E-state index contributed by atoms with van der Waals surface area (Å²) in [6, 6.07) is 17.9. The molecule has 0 spiro atoms. The highest BCUT2D eigenvalue weighted by Gasteiger charge is 2.40. The summed E-state index contributed by atoms with van der Waals surface area (Å²) < 4.78 is 0. The first-order valence-corrected chi connectivity index (χ1v) is 13.0. The molecule has 1 amide bonds. The summed E-state index contributed by atoms with van der Waals surface area (Å²) in [5.41, 5.74) is 3.44. The van der Waals surface area contributed by atoms with Crippen molar-refractivity contribution in [3.8, 4) is 6.07 Å². The van der Waals surface area contributed by atoms with E-state index in [2.05, 4.69) is 46.8 Å². The van der Waals surface area contributed by atoms with Crippen LogP contribution in [-0.4, -0.2) is 54.5 Å². The van der Waals surface area contributed by atoms with Gasteiger partial charge in [-0.3, -0.25) is 9.69 Å². The number of carbonyl (C=O) groups is 1. The SMILES string of the molecule is [C-]#[N+]c1ccc(C(c2ccc(C#N)cc2)N2CCN(C(=O)CC3CCNCC3)[C@@H](C(C)(C)C)C2)cc1. The zero-order chi connectivity index (χ0) is 25.7. The zero-order valence-corrected chi connectivity index (χ0v) is 21.7. The molecular formula is C30H37N5O. The molecule has 0 aromatic heterocycles. The number of piperazine rings is 1. The molecule has 2 aliphatic heterocycles. The molecule has 1 unspecified atom stereocenters. The van der Waals surface area contributed by atoms with E-state index in [1.54, 1.807) is 0 Å². The summed E-state index contributed by atoms with van der Waals surface area (Å²) in [5, 5.41) is 12.7. The second-order valence-electron chi connectivity index (χ2n) is 11.2. The molecule has 0 saturated carbocycles. The molecular weight excluding hydrogens is 446 g/mol. The van der Waals surface area contributed by atoms with Gasteiger partial charge in [-0.05, 0) is 60.5 Å². The normalized spacial score (nSPS) is 20.4. The maximum Gasteiger partial charge on any atom is 0.223 e. The van der Waals surface area contributed by atoms with Crippen molar-refractivity contribution >= 4 is 11.6 Å². The number of benzene rings is 2. The van der Waals surface area contributed by atoms with Crippen molar-refractivity contribution in [1.29, 1.82) is 5.26 Å². The molecule has 2 fully saturated rings. The van der Waals surface area contributed by atoms with E-state index < -0.39 is 0 Å². The lowest BCUT2D eigenvalue weighted by molar-refractivity contribution is -0.141. The van der Waals surface area contributed by atoms with E-state index in [1.165, 1.54) is 0 Å². The Labute approximate surface area is 215 Å². The number of piperidine rings is 1. The minimum atomic E-state index is -0.0639. The van der Waals surface area contributed by atoms with Crippen molar-refractivity contribution in [1.82, 2.24) is 15.1 Å². The summed E-state index contributed by atoms with van der Waals surface area (Å²) in [4.78, 5) is 21.7. The Kier molecular flexibility index (Phi) is 8.09. The van der Waals surface area contributed by atoms with Gasteiger partial charge in [0.15, 0.2) is 5.69 Å². The number of nitrogens with zero attached hydrogens (tertiary/aromatic N) is 4. The number of rotatable bonds is 5. The second kappa shape index (κ2) is 11.2. The smallest absolute Gasteiger partial charge is 0.223 e. The van der Waals surface area contributed by atoms with E-state index in [9.17, 15) is 10.1 Å². The van der Waals surface area contributed by atoms with Gasteiger partial charge in [0.05, 0.1) is 24.2 Å².